The summed E-state index contributed by atoms with van der Waals surface area (Å²) in [5.74, 6) is 16.1. The van der Waals surface area contributed by atoms with Crippen molar-refractivity contribution in [2.75, 3.05) is 23.9 Å². The van der Waals surface area contributed by atoms with Gasteiger partial charge in [-0.15, -0.1) is 49.9 Å². The number of hydrogen-bond acceptors (Lipinski definition) is 3. The molecule has 0 aliphatic heterocycles. The Bertz CT molecular complexity index is 5750. The van der Waals surface area contributed by atoms with E-state index in [2.05, 4.69) is 245 Å². The number of hydrogen-bond donors (Lipinski definition) is 0. The highest BCUT2D eigenvalue weighted by atomic mass is 32.1. The monoisotopic (exact) mass is 1270 g/mol. The number of aromatic nitrogens is 1. The summed E-state index contributed by atoms with van der Waals surface area (Å²) in [4.78, 5) is 5.26. The molecular weight excluding hydrogens is 1200 g/mol. The van der Waals surface area contributed by atoms with Crippen LogP contribution >= 0.6 is 11.3 Å². The van der Waals surface area contributed by atoms with Crippen molar-refractivity contribution >= 4 is 120 Å². The number of rotatable bonds is 5. The van der Waals surface area contributed by atoms with Gasteiger partial charge in [-0.3, -0.25) is 0 Å². The van der Waals surface area contributed by atoms with Gasteiger partial charge in [-0.2, -0.15) is 0 Å². The van der Waals surface area contributed by atoms with E-state index >= 15 is 0 Å². The lowest BCUT2D eigenvalue weighted by Gasteiger charge is -2.25. The van der Waals surface area contributed by atoms with Crippen molar-refractivity contribution < 1.29 is 0 Å². The number of terminal acetylenes is 6. The standard InChI is InChI=1S/C20H13N.C20H15N.C18H10.C16H10.C10H11N.C10H6S/c1-2-15-11-13-16(14-12-15)21-19-9-5-3-7-17(19)18-8-4-6-10-20(18)21;1-2-17-13-15-20(16-14-17)21(18-9-5-3-6-10-18)19-11-7-4-8-12-19;1-2-12-6-7-15-9-8-13-4-3-5-14-10-11-16(12)18(15)17(13)14;1-2-12-11-13-7-3-4-9-15(13)16-10-6-5-8-14(12)16;1-4-9-5-7-10(8-6-9)11(2)3;1-2-9-7-8-5-3-4-6-10(8)11-9/h1,3-14H;1,3-16H;1,3-11H;1,3-11H;1,5-8H,2-3H3;1,3-7H. The molecule has 0 bridgehead atoms. The quantitative estimate of drug-likeness (QED) is 0.126. The van der Waals surface area contributed by atoms with E-state index in [1.165, 1.54) is 86.1 Å². The van der Waals surface area contributed by atoms with Crippen molar-refractivity contribution in [3.05, 3.63) is 354 Å². The maximum atomic E-state index is 5.60. The van der Waals surface area contributed by atoms with Crippen molar-refractivity contribution in [1.29, 1.82) is 0 Å². The first kappa shape index (κ1) is 64.7. The maximum Gasteiger partial charge on any atom is 0.0778 e. The summed E-state index contributed by atoms with van der Waals surface area (Å²) < 4.78 is 3.55. The summed E-state index contributed by atoms with van der Waals surface area (Å²) in [6, 6.07) is 110. The van der Waals surface area contributed by atoms with E-state index in [0.717, 1.165) is 60.8 Å². The Labute approximate surface area is 578 Å². The van der Waals surface area contributed by atoms with E-state index in [-0.39, 0.29) is 0 Å². The van der Waals surface area contributed by atoms with Crippen molar-refractivity contribution in [2.24, 2.45) is 0 Å². The second-order valence-corrected chi connectivity index (χ2v) is 24.2. The Hall–Kier alpha value is -13.4. The number of nitrogens with zero attached hydrogens (tertiary/aromatic N) is 3. The average Bonchev–Trinajstić information content (AvgIpc) is 1.06. The molecule has 0 saturated heterocycles. The van der Waals surface area contributed by atoms with E-state index < -0.39 is 0 Å². The highest BCUT2D eigenvalue weighted by Crippen LogP contribution is 2.38. The Morgan fingerprint density at radius 2 is 0.714 bits per heavy atom. The minimum Gasteiger partial charge on any atom is -0.378 e. The van der Waals surface area contributed by atoms with Gasteiger partial charge >= 0.3 is 0 Å². The molecule has 0 atom stereocenters. The molecule has 0 aliphatic carbocycles. The molecule has 4 heteroatoms. The summed E-state index contributed by atoms with van der Waals surface area (Å²) in [7, 11) is 4.01. The van der Waals surface area contributed by atoms with Crippen LogP contribution in [0.2, 0.25) is 0 Å². The van der Waals surface area contributed by atoms with Gasteiger partial charge in [0.15, 0.2) is 0 Å². The molecule has 17 rings (SSSR count). The molecule has 0 unspecified atom stereocenters. The molecule has 462 valence electrons. The molecule has 98 heavy (non-hydrogen) atoms. The van der Waals surface area contributed by atoms with Crippen LogP contribution in [0.1, 0.15) is 32.7 Å². The van der Waals surface area contributed by atoms with E-state index in [9.17, 15) is 0 Å². The first-order chi connectivity index (χ1) is 48.2. The van der Waals surface area contributed by atoms with Crippen LogP contribution < -0.4 is 9.80 Å². The van der Waals surface area contributed by atoms with Gasteiger partial charge in [-0.25, -0.2) is 0 Å². The maximum absolute atomic E-state index is 5.60. The molecule has 0 aliphatic rings. The number of thiophene rings is 1. The second kappa shape index (κ2) is 30.6. The van der Waals surface area contributed by atoms with E-state index in [1.54, 1.807) is 11.3 Å². The lowest BCUT2D eigenvalue weighted by atomic mass is 9.92. The van der Waals surface area contributed by atoms with E-state index in [4.69, 9.17) is 38.5 Å². The first-order valence-corrected chi connectivity index (χ1v) is 32.7. The van der Waals surface area contributed by atoms with Gasteiger partial charge < -0.3 is 14.4 Å². The third kappa shape index (κ3) is 14.2. The summed E-state index contributed by atoms with van der Waals surface area (Å²) in [5.41, 5.74) is 12.7. The molecule has 3 nitrogen and oxygen atoms in total. The molecule has 0 radical (unpaired) electrons. The molecule has 0 fully saturated rings. The van der Waals surface area contributed by atoms with Crippen molar-refractivity contribution in [2.45, 2.75) is 0 Å². The normalized spacial score (nSPS) is 10.3. The number of para-hydroxylation sites is 4. The summed E-state index contributed by atoms with van der Waals surface area (Å²) in [6.45, 7) is 0. The average molecular weight is 1270 g/mol. The Morgan fingerprint density at radius 3 is 1.24 bits per heavy atom. The van der Waals surface area contributed by atoms with Crippen LogP contribution in [0.3, 0.4) is 0 Å². The molecule has 0 spiro atoms. The fourth-order valence-corrected chi connectivity index (χ4v) is 13.0. The van der Waals surface area contributed by atoms with Gasteiger partial charge in [0.1, 0.15) is 0 Å². The summed E-state index contributed by atoms with van der Waals surface area (Å²) in [5, 5.41) is 16.2. The number of anilines is 4. The summed E-state index contributed by atoms with van der Waals surface area (Å²) in [6.07, 6.45) is 32.5. The molecule has 0 N–H and O–H groups in total. The number of fused-ring (bicyclic) bond motifs is 7. The molecule has 2 heterocycles. The molecule has 15 aromatic carbocycles. The third-order valence-electron chi connectivity index (χ3n) is 16.9. The van der Waals surface area contributed by atoms with Crippen molar-refractivity contribution in [3.63, 3.8) is 0 Å². The van der Waals surface area contributed by atoms with E-state index in [1.807, 2.05) is 140 Å². The second-order valence-electron chi connectivity index (χ2n) is 23.1. The van der Waals surface area contributed by atoms with Crippen LogP contribution in [0.5, 0.6) is 0 Å². The fourth-order valence-electron chi connectivity index (χ4n) is 12.2. The molecule has 0 amide bonds. The lowest BCUT2D eigenvalue weighted by Crippen LogP contribution is -2.09. The van der Waals surface area contributed by atoms with Gasteiger partial charge in [0.2, 0.25) is 0 Å². The first-order valence-electron chi connectivity index (χ1n) is 31.9. The minimum atomic E-state index is 0.889. The summed E-state index contributed by atoms with van der Waals surface area (Å²) >= 11 is 1.66. The molecule has 0 saturated carbocycles. The van der Waals surface area contributed by atoms with Gasteiger partial charge in [-0.1, -0.05) is 224 Å². The van der Waals surface area contributed by atoms with Crippen LogP contribution in [0.25, 0.3) is 91.4 Å². The lowest BCUT2D eigenvalue weighted by molar-refractivity contribution is 1.13. The largest absolute Gasteiger partial charge is 0.378 e. The highest BCUT2D eigenvalue weighted by molar-refractivity contribution is 7.19. The molecule has 17 aromatic rings. The van der Waals surface area contributed by atoms with E-state index in [0.29, 0.717) is 0 Å². The molecule has 2 aromatic heterocycles. The Kier molecular flexibility index (Phi) is 20.2. The van der Waals surface area contributed by atoms with Gasteiger partial charge in [0.25, 0.3) is 0 Å². The predicted octanol–water partition coefficient (Wildman–Crippen LogP) is 23.1. The van der Waals surface area contributed by atoms with Crippen LogP contribution in [0.15, 0.2) is 322 Å². The minimum absolute atomic E-state index is 0.889. The SMILES string of the molecule is C#Cc1cc2ccccc2c2ccccc12.C#Cc1cc2ccccc2s1.C#Cc1ccc(-n2c3ccccc3c3ccccc32)cc1.C#Cc1ccc(N(C)C)cc1.C#Cc1ccc(N(c2ccccc2)c2ccccc2)cc1.C#Cc1ccc2ccc3cccc4ccc1c2c34. The zero-order valence-electron chi connectivity index (χ0n) is 54.3. The molecular formula is C94H65N3S. The van der Waals surface area contributed by atoms with Gasteiger partial charge in [0.05, 0.1) is 15.9 Å². The Balaban J connectivity index is 0.000000114. The smallest absolute Gasteiger partial charge is 0.0778 e. The van der Waals surface area contributed by atoms with Crippen LogP contribution in [-0.4, -0.2) is 18.7 Å². The van der Waals surface area contributed by atoms with Crippen LogP contribution in [0.4, 0.5) is 22.7 Å². The zero-order chi connectivity index (χ0) is 67.7. The number of benzene rings is 15. The predicted molar refractivity (Wildman–Crippen MR) is 424 cm³/mol. The van der Waals surface area contributed by atoms with Crippen LogP contribution in [-0.2, 0) is 0 Å². The fraction of sp³-hybridized carbons (Fsp3) is 0.0213. The Morgan fingerprint density at radius 1 is 0.286 bits per heavy atom. The van der Waals surface area contributed by atoms with Gasteiger partial charge in [-0.05, 0) is 193 Å². The third-order valence-corrected chi connectivity index (χ3v) is 18.0. The highest BCUT2D eigenvalue weighted by Gasteiger charge is 2.14. The van der Waals surface area contributed by atoms with Crippen LogP contribution in [0, 0.1) is 74.1 Å². The van der Waals surface area contributed by atoms with Crippen molar-refractivity contribution in [3.8, 4) is 79.8 Å². The van der Waals surface area contributed by atoms with Gasteiger partial charge in [0, 0.05) is 85.8 Å². The van der Waals surface area contributed by atoms with Crippen molar-refractivity contribution in [1.82, 2.24) is 4.57 Å². The zero-order valence-corrected chi connectivity index (χ0v) is 55.1. The topological polar surface area (TPSA) is 11.4 Å².